The van der Waals surface area contributed by atoms with Crippen LogP contribution in [0.15, 0.2) is 12.1 Å². The van der Waals surface area contributed by atoms with Gasteiger partial charge in [0, 0.05) is 12.6 Å². The molecular weight excluding hydrogens is 407 g/mol. The molecule has 3 aliphatic carbocycles. The number of aromatic nitrogens is 4. The Balaban J connectivity index is 1.67. The molecule has 2 aromatic heterocycles. The van der Waals surface area contributed by atoms with E-state index in [0.29, 0.717) is 19.3 Å². The molecule has 5 rings (SSSR count). The first-order valence-corrected chi connectivity index (χ1v) is 8.70. The Kier molecular flexibility index (Phi) is 4.02. The zero-order valence-corrected chi connectivity index (χ0v) is 15.4. The van der Waals surface area contributed by atoms with Gasteiger partial charge < -0.3 is 10.4 Å². The first-order valence-electron chi connectivity index (χ1n) is 8.70. The maximum atomic E-state index is 13.6. The molecule has 30 heavy (non-hydrogen) atoms. The molecule has 156 valence electrons. The SMILES string of the molecule is Cn1nnc(-c2ccc(C(=O)NC34CC(C#N)(C3)C4)c(C(F)(F)F)n2)c1NC(=O)O. The molecule has 0 aliphatic heterocycles. The monoisotopic (exact) mass is 421 g/mol. The van der Waals surface area contributed by atoms with Crippen LogP contribution < -0.4 is 10.6 Å². The molecule has 2 bridgehead atoms. The summed E-state index contributed by atoms with van der Waals surface area (Å²) in [5, 5.41) is 29.8. The average molecular weight is 421 g/mol. The van der Waals surface area contributed by atoms with Crippen molar-refractivity contribution in [2.45, 2.75) is 31.0 Å². The highest BCUT2D eigenvalue weighted by Crippen LogP contribution is 2.66. The second-order valence-corrected chi connectivity index (χ2v) is 7.59. The average Bonchev–Trinajstić information content (AvgIpc) is 2.95. The van der Waals surface area contributed by atoms with Gasteiger partial charge >= 0.3 is 12.3 Å². The quantitative estimate of drug-likeness (QED) is 0.686. The number of nitrogens with one attached hydrogen (secondary N) is 2. The Bertz CT molecular complexity index is 1100. The van der Waals surface area contributed by atoms with E-state index in [0.717, 1.165) is 16.8 Å². The Labute approximate surface area is 166 Å². The first-order chi connectivity index (χ1) is 14.0. The van der Waals surface area contributed by atoms with Gasteiger partial charge in [-0.1, -0.05) is 5.21 Å². The minimum absolute atomic E-state index is 0.170. The van der Waals surface area contributed by atoms with Crippen LogP contribution in [0.25, 0.3) is 11.4 Å². The Hall–Kier alpha value is -3.69. The lowest BCUT2D eigenvalue weighted by molar-refractivity contribution is -0.141. The van der Waals surface area contributed by atoms with Crippen LogP contribution in [0.5, 0.6) is 0 Å². The van der Waals surface area contributed by atoms with Crippen molar-refractivity contribution >= 4 is 17.8 Å². The van der Waals surface area contributed by atoms with Crippen LogP contribution in [0.3, 0.4) is 0 Å². The van der Waals surface area contributed by atoms with Gasteiger partial charge in [-0.3, -0.25) is 10.1 Å². The zero-order valence-electron chi connectivity index (χ0n) is 15.4. The molecule has 2 aromatic rings. The van der Waals surface area contributed by atoms with E-state index in [1.807, 2.05) is 5.32 Å². The van der Waals surface area contributed by atoms with E-state index in [2.05, 4.69) is 26.7 Å². The molecule has 3 aliphatic rings. The summed E-state index contributed by atoms with van der Waals surface area (Å²) in [6.07, 6.45) is -5.16. The summed E-state index contributed by atoms with van der Waals surface area (Å²) in [7, 11) is 1.35. The van der Waals surface area contributed by atoms with Gasteiger partial charge in [0.15, 0.2) is 17.2 Å². The minimum atomic E-state index is -4.95. The van der Waals surface area contributed by atoms with E-state index < -0.39 is 40.4 Å². The fourth-order valence-electron chi connectivity index (χ4n) is 4.11. The van der Waals surface area contributed by atoms with Crippen LogP contribution in [-0.2, 0) is 13.2 Å². The summed E-state index contributed by atoms with van der Waals surface area (Å²) >= 11 is 0. The van der Waals surface area contributed by atoms with Crippen molar-refractivity contribution in [3.8, 4) is 17.5 Å². The highest BCUT2D eigenvalue weighted by molar-refractivity contribution is 5.97. The van der Waals surface area contributed by atoms with Crippen LogP contribution in [-0.4, -0.2) is 42.6 Å². The van der Waals surface area contributed by atoms with Gasteiger partial charge in [-0.15, -0.1) is 5.10 Å². The Morgan fingerprint density at radius 1 is 1.30 bits per heavy atom. The third kappa shape index (κ3) is 3.00. The largest absolute Gasteiger partial charge is 0.465 e. The van der Waals surface area contributed by atoms with Gasteiger partial charge in [-0.25, -0.2) is 14.5 Å². The van der Waals surface area contributed by atoms with E-state index in [4.69, 9.17) is 10.4 Å². The summed E-state index contributed by atoms with van der Waals surface area (Å²) in [5.74, 6) is -1.10. The van der Waals surface area contributed by atoms with Gasteiger partial charge in [-0.05, 0) is 31.4 Å². The molecule has 0 radical (unpaired) electrons. The first kappa shape index (κ1) is 19.6. The van der Waals surface area contributed by atoms with Gasteiger partial charge in [0.2, 0.25) is 0 Å². The van der Waals surface area contributed by atoms with Gasteiger partial charge in [0.05, 0.1) is 22.7 Å². The number of carbonyl (C=O) groups is 2. The van der Waals surface area contributed by atoms with Crippen molar-refractivity contribution in [2.75, 3.05) is 5.32 Å². The van der Waals surface area contributed by atoms with Crippen molar-refractivity contribution < 1.29 is 27.9 Å². The predicted molar refractivity (Wildman–Crippen MR) is 93.0 cm³/mol. The number of nitriles is 1. The molecule has 2 amide bonds. The number of rotatable bonds is 4. The molecule has 0 spiro atoms. The van der Waals surface area contributed by atoms with Crippen LogP contribution >= 0.6 is 0 Å². The van der Waals surface area contributed by atoms with E-state index >= 15 is 0 Å². The predicted octanol–water partition coefficient (Wildman–Crippen LogP) is 2.16. The number of aryl methyl sites for hydroxylation is 1. The number of pyridine rings is 1. The Morgan fingerprint density at radius 3 is 2.53 bits per heavy atom. The molecule has 13 heteroatoms. The molecular formula is C17H14F3N7O3. The van der Waals surface area contributed by atoms with Crippen LogP contribution in [0.4, 0.5) is 23.8 Å². The fourth-order valence-corrected chi connectivity index (χ4v) is 4.11. The molecule has 3 saturated carbocycles. The normalized spacial score (nSPS) is 24.2. The van der Waals surface area contributed by atoms with E-state index in [9.17, 15) is 22.8 Å². The fraction of sp³-hybridized carbons (Fsp3) is 0.412. The highest BCUT2D eigenvalue weighted by Gasteiger charge is 2.69. The number of nitrogens with zero attached hydrogens (tertiary/aromatic N) is 5. The third-order valence-electron chi connectivity index (χ3n) is 5.35. The smallest absolute Gasteiger partial charge is 0.434 e. The molecule has 3 fully saturated rings. The molecule has 0 atom stereocenters. The topological polar surface area (TPSA) is 146 Å². The Morgan fingerprint density at radius 2 is 1.97 bits per heavy atom. The maximum absolute atomic E-state index is 13.6. The molecule has 0 aromatic carbocycles. The standard InChI is InChI=1S/C17H14F3N7O3/c1-27-12(23-14(29)30)10(25-26-27)9-3-2-8(11(22-9)17(18,19)20)13(28)24-16-4-15(5-16,6-16)7-21/h2-3,23H,4-6H2,1H3,(H,24,28)(H,29,30). The lowest BCUT2D eigenvalue weighted by Crippen LogP contribution is -2.74. The second kappa shape index (κ2) is 6.15. The van der Waals surface area contributed by atoms with Crippen LogP contribution in [0, 0.1) is 16.7 Å². The number of carboxylic acid groups (broad SMARTS) is 1. The maximum Gasteiger partial charge on any atom is 0.434 e. The highest BCUT2D eigenvalue weighted by atomic mass is 19.4. The molecule has 10 nitrogen and oxygen atoms in total. The van der Waals surface area contributed by atoms with Crippen LogP contribution in [0.1, 0.15) is 35.3 Å². The van der Waals surface area contributed by atoms with Crippen molar-refractivity contribution in [3.05, 3.63) is 23.4 Å². The molecule has 0 unspecified atom stereocenters. The number of hydrogen-bond donors (Lipinski definition) is 3. The van der Waals surface area contributed by atoms with Crippen molar-refractivity contribution in [1.29, 1.82) is 5.26 Å². The summed E-state index contributed by atoms with van der Waals surface area (Å²) in [6.45, 7) is 0. The summed E-state index contributed by atoms with van der Waals surface area (Å²) in [4.78, 5) is 27.0. The van der Waals surface area contributed by atoms with Gasteiger partial charge in [0.1, 0.15) is 0 Å². The molecule has 3 N–H and O–H groups in total. The van der Waals surface area contributed by atoms with Gasteiger partial charge in [0.25, 0.3) is 5.91 Å². The third-order valence-corrected chi connectivity index (χ3v) is 5.35. The van der Waals surface area contributed by atoms with Crippen molar-refractivity contribution in [2.24, 2.45) is 12.5 Å². The van der Waals surface area contributed by atoms with E-state index in [-0.39, 0.29) is 17.2 Å². The van der Waals surface area contributed by atoms with Crippen molar-refractivity contribution in [3.63, 3.8) is 0 Å². The minimum Gasteiger partial charge on any atom is -0.465 e. The molecule has 2 heterocycles. The summed E-state index contributed by atoms with van der Waals surface area (Å²) in [6, 6.07) is 4.26. The lowest BCUT2D eigenvalue weighted by atomic mass is 9.40. The summed E-state index contributed by atoms with van der Waals surface area (Å²) in [5.41, 5.74) is -3.72. The van der Waals surface area contributed by atoms with Crippen molar-refractivity contribution in [1.82, 2.24) is 25.3 Å². The number of anilines is 1. The lowest BCUT2D eigenvalue weighted by Gasteiger charge is -2.66. The number of carbonyl (C=O) groups excluding carboxylic acids is 1. The second-order valence-electron chi connectivity index (χ2n) is 7.59. The number of hydrogen-bond acceptors (Lipinski definition) is 6. The van der Waals surface area contributed by atoms with Crippen LogP contribution in [0.2, 0.25) is 0 Å². The van der Waals surface area contributed by atoms with E-state index in [1.165, 1.54) is 7.05 Å². The number of amides is 2. The number of halogens is 3. The zero-order chi connectivity index (χ0) is 21.9. The number of alkyl halides is 3. The van der Waals surface area contributed by atoms with E-state index in [1.54, 1.807) is 0 Å². The summed E-state index contributed by atoms with van der Waals surface area (Å²) < 4.78 is 41.9. The van der Waals surface area contributed by atoms with Gasteiger partial charge in [-0.2, -0.15) is 18.4 Å². The molecule has 0 saturated heterocycles.